The third kappa shape index (κ3) is 5.94. The van der Waals surface area contributed by atoms with Crippen molar-refractivity contribution in [2.75, 3.05) is 4.90 Å². The predicted octanol–water partition coefficient (Wildman–Crippen LogP) is 14.0. The summed E-state index contributed by atoms with van der Waals surface area (Å²) in [6.45, 7) is 21.2. The molecule has 0 spiro atoms. The van der Waals surface area contributed by atoms with Gasteiger partial charge in [-0.3, -0.25) is 0 Å². The molecule has 1 nitrogen and oxygen atoms in total. The Morgan fingerprint density at radius 3 is 1.73 bits per heavy atom. The topological polar surface area (TPSA) is 3.24 Å². The molecule has 48 heavy (non-hydrogen) atoms. The Kier molecular flexibility index (Phi) is 7.63. The Morgan fingerprint density at radius 1 is 0.583 bits per heavy atom. The maximum Gasteiger partial charge on any atom is 0.0530 e. The molecule has 0 N–H and O–H groups in total. The van der Waals surface area contributed by atoms with Crippen molar-refractivity contribution in [3.8, 4) is 22.3 Å². The van der Waals surface area contributed by atoms with Gasteiger partial charge in [0.2, 0.25) is 0 Å². The van der Waals surface area contributed by atoms with Crippen LogP contribution in [0.2, 0.25) is 0 Å². The first kappa shape index (κ1) is 30.7. The van der Waals surface area contributed by atoms with Crippen LogP contribution in [0.5, 0.6) is 0 Å². The Balaban J connectivity index is 1.55. The van der Waals surface area contributed by atoms with Crippen LogP contribution in [0.3, 0.4) is 0 Å². The number of hydrogen-bond donors (Lipinski definition) is 0. The zero-order valence-electron chi connectivity index (χ0n) is 33.2. The second kappa shape index (κ2) is 11.9. The van der Waals surface area contributed by atoms with Gasteiger partial charge in [0.1, 0.15) is 0 Å². The van der Waals surface area contributed by atoms with Crippen molar-refractivity contribution in [1.82, 2.24) is 0 Å². The SMILES string of the molecule is [2H]C1(c2cc3c(cc2N(c2c(-c4ccccc4)cccc2C2([2H])CCC(C)(C)CC2)C(C)(C)C)C(C)(C)c2ccccc2-3)CCC(C)(C)CC1. The molecular formula is C47H59N. The molecular weight excluding hydrogens is 579 g/mol. The van der Waals surface area contributed by atoms with E-state index in [4.69, 9.17) is 0 Å². The quantitative estimate of drug-likeness (QED) is 0.210. The highest BCUT2D eigenvalue weighted by atomic mass is 15.2. The molecule has 7 rings (SSSR count). The zero-order valence-corrected chi connectivity index (χ0v) is 31.2. The molecule has 0 unspecified atom stereocenters. The Morgan fingerprint density at radius 2 is 1.12 bits per heavy atom. The predicted molar refractivity (Wildman–Crippen MR) is 208 cm³/mol. The molecule has 4 aromatic rings. The van der Waals surface area contributed by atoms with Crippen LogP contribution in [0.15, 0.2) is 84.9 Å². The monoisotopic (exact) mass is 639 g/mol. The molecule has 0 aromatic heterocycles. The van der Waals surface area contributed by atoms with E-state index in [-0.39, 0.29) is 21.8 Å². The van der Waals surface area contributed by atoms with Gasteiger partial charge in [-0.2, -0.15) is 0 Å². The number of anilines is 2. The highest BCUT2D eigenvalue weighted by Crippen LogP contribution is 2.56. The number of fused-ring (bicyclic) bond motifs is 3. The Hall–Kier alpha value is -3.32. The molecule has 0 saturated heterocycles. The van der Waals surface area contributed by atoms with Crippen LogP contribution < -0.4 is 4.90 Å². The van der Waals surface area contributed by atoms with Gasteiger partial charge in [0.25, 0.3) is 0 Å². The minimum Gasteiger partial charge on any atom is -0.335 e. The fourth-order valence-electron chi connectivity index (χ4n) is 8.94. The van der Waals surface area contributed by atoms with E-state index in [1.54, 1.807) is 0 Å². The summed E-state index contributed by atoms with van der Waals surface area (Å²) >= 11 is 0. The molecule has 0 heterocycles. The first-order valence-corrected chi connectivity index (χ1v) is 18.6. The first-order chi connectivity index (χ1) is 23.4. The molecule has 3 aliphatic carbocycles. The van der Waals surface area contributed by atoms with Crippen molar-refractivity contribution < 1.29 is 2.74 Å². The number of para-hydroxylation sites is 1. The summed E-state index contributed by atoms with van der Waals surface area (Å²) in [5, 5.41) is 0. The zero-order chi connectivity index (χ0) is 35.9. The van der Waals surface area contributed by atoms with Crippen molar-refractivity contribution in [2.24, 2.45) is 10.8 Å². The van der Waals surface area contributed by atoms with Crippen molar-refractivity contribution in [2.45, 2.75) is 136 Å². The van der Waals surface area contributed by atoms with E-state index in [0.717, 1.165) is 73.9 Å². The summed E-state index contributed by atoms with van der Waals surface area (Å²) in [7, 11) is 0. The molecule has 0 bridgehead atoms. The van der Waals surface area contributed by atoms with Crippen LogP contribution in [-0.4, -0.2) is 5.54 Å². The maximum atomic E-state index is 10.4. The molecule has 3 aliphatic rings. The van der Waals surface area contributed by atoms with Crippen LogP contribution in [0, 0.1) is 10.8 Å². The lowest BCUT2D eigenvalue weighted by molar-refractivity contribution is 0.224. The van der Waals surface area contributed by atoms with Gasteiger partial charge in [0.05, 0.1) is 5.69 Å². The van der Waals surface area contributed by atoms with Crippen molar-refractivity contribution in [1.29, 1.82) is 0 Å². The van der Waals surface area contributed by atoms with Crippen LogP contribution in [0.1, 0.15) is 150 Å². The van der Waals surface area contributed by atoms with E-state index < -0.39 is 11.8 Å². The largest absolute Gasteiger partial charge is 0.335 e. The minimum atomic E-state index is -0.708. The average Bonchev–Trinajstić information content (AvgIpc) is 3.29. The first-order valence-electron chi connectivity index (χ1n) is 19.6. The van der Waals surface area contributed by atoms with Gasteiger partial charge >= 0.3 is 0 Å². The summed E-state index contributed by atoms with van der Waals surface area (Å²) in [5.74, 6) is -1.40. The molecule has 0 radical (unpaired) electrons. The molecule has 0 amide bonds. The third-order valence-corrected chi connectivity index (χ3v) is 12.1. The van der Waals surface area contributed by atoms with Gasteiger partial charge < -0.3 is 4.90 Å². The summed E-state index contributed by atoms with van der Waals surface area (Å²) in [5.41, 5.74) is 12.2. The highest BCUT2D eigenvalue weighted by Gasteiger charge is 2.41. The van der Waals surface area contributed by atoms with E-state index in [9.17, 15) is 2.74 Å². The van der Waals surface area contributed by atoms with Gasteiger partial charge in [0.15, 0.2) is 0 Å². The standard InChI is InChI=1S/C47H59N/c1-44(2,3)48(43-35(32-16-11-10-12-17-32)19-15-20-36(43)33-22-26-45(4,5)27-23-33)42-31-41-39(37-18-13-14-21-40(37)47(41,8)9)30-38(42)34-24-28-46(6,7)29-25-34/h10-21,30-31,33-34H,22-29H2,1-9H3/i33D,34D. The van der Waals surface area contributed by atoms with Gasteiger partial charge in [-0.25, -0.2) is 0 Å². The second-order valence-electron chi connectivity index (χ2n) is 18.2. The van der Waals surface area contributed by atoms with Gasteiger partial charge in [0, 0.05) is 24.9 Å². The Bertz CT molecular complexity index is 1890. The van der Waals surface area contributed by atoms with Crippen molar-refractivity contribution in [3.63, 3.8) is 0 Å². The summed E-state index contributed by atoms with van der Waals surface area (Å²) < 4.78 is 20.6. The number of hydrogen-bond acceptors (Lipinski definition) is 1. The van der Waals surface area contributed by atoms with Crippen molar-refractivity contribution in [3.05, 3.63) is 107 Å². The second-order valence-corrected chi connectivity index (χ2v) is 18.2. The summed E-state index contributed by atoms with van der Waals surface area (Å²) in [4.78, 5) is 2.59. The number of benzene rings is 4. The van der Waals surface area contributed by atoms with Crippen LogP contribution >= 0.6 is 0 Å². The minimum absolute atomic E-state index is 0.167. The van der Waals surface area contributed by atoms with Crippen LogP contribution in [0.25, 0.3) is 22.3 Å². The molecule has 0 aliphatic heterocycles. The fraction of sp³-hybridized carbons (Fsp3) is 0.489. The lowest BCUT2D eigenvalue weighted by Crippen LogP contribution is -2.40. The van der Waals surface area contributed by atoms with E-state index in [0.29, 0.717) is 0 Å². The smallest absolute Gasteiger partial charge is 0.0530 e. The highest BCUT2D eigenvalue weighted by molar-refractivity contribution is 5.90. The third-order valence-electron chi connectivity index (χ3n) is 12.1. The number of rotatable bonds is 5. The molecule has 1 heteroatoms. The van der Waals surface area contributed by atoms with Crippen LogP contribution in [0.4, 0.5) is 11.4 Å². The lowest BCUT2D eigenvalue weighted by atomic mass is 9.70. The fourth-order valence-corrected chi connectivity index (χ4v) is 8.94. The van der Waals surface area contributed by atoms with Crippen LogP contribution in [-0.2, 0) is 5.41 Å². The van der Waals surface area contributed by atoms with Crippen molar-refractivity contribution >= 4 is 11.4 Å². The normalized spacial score (nSPS) is 22.2. The van der Waals surface area contributed by atoms with E-state index in [1.807, 2.05) is 0 Å². The Labute approximate surface area is 295 Å². The summed E-state index contributed by atoms with van der Waals surface area (Å²) in [6, 6.07) is 31.4. The van der Waals surface area contributed by atoms with Gasteiger partial charge in [-0.15, -0.1) is 0 Å². The average molecular weight is 640 g/mol. The van der Waals surface area contributed by atoms with Gasteiger partial charge in [-0.05, 0) is 146 Å². The van der Waals surface area contributed by atoms with Gasteiger partial charge in [-0.1, -0.05) is 114 Å². The molecule has 252 valence electrons. The lowest BCUT2D eigenvalue weighted by Gasteiger charge is -2.45. The molecule has 2 saturated carbocycles. The number of nitrogens with zero attached hydrogens (tertiary/aromatic N) is 1. The molecule has 2 fully saturated rings. The van der Waals surface area contributed by atoms with E-state index >= 15 is 0 Å². The van der Waals surface area contributed by atoms with E-state index in [2.05, 4.69) is 152 Å². The maximum absolute atomic E-state index is 10.4. The molecule has 0 atom stereocenters. The molecule has 4 aromatic carbocycles. The summed E-state index contributed by atoms with van der Waals surface area (Å²) in [6.07, 6.45) is 7.57. The van der Waals surface area contributed by atoms with E-state index in [1.165, 1.54) is 33.4 Å².